The summed E-state index contributed by atoms with van der Waals surface area (Å²) in [7, 11) is 0. The van der Waals surface area contributed by atoms with E-state index in [-0.39, 0.29) is 11.9 Å². The Morgan fingerprint density at radius 2 is 1.87 bits per heavy atom. The number of imidazole rings is 1. The summed E-state index contributed by atoms with van der Waals surface area (Å²) >= 11 is 0. The molecule has 4 aromatic rings. The van der Waals surface area contributed by atoms with Crippen LogP contribution in [0.25, 0.3) is 22.4 Å². The summed E-state index contributed by atoms with van der Waals surface area (Å²) in [6.07, 6.45) is 1.59. The van der Waals surface area contributed by atoms with Crippen LogP contribution in [0.15, 0.2) is 48.8 Å². The zero-order chi connectivity index (χ0) is 20.8. The van der Waals surface area contributed by atoms with Crippen molar-refractivity contribution < 1.29 is 9.59 Å². The number of aromatic amines is 1. The van der Waals surface area contributed by atoms with E-state index in [0.29, 0.717) is 17.1 Å². The fraction of sp³-hybridized carbons (Fsp3) is 0.200. The minimum atomic E-state index is -0.772. The number of H-pyrrole nitrogens is 1. The van der Waals surface area contributed by atoms with E-state index in [1.54, 1.807) is 41.5 Å². The Bertz CT molecular complexity index is 1260. The standard InChI is InChI=1S/C20H18N8O2/c1-11(2)28-25-18(24-26-28)13-5-3-12(4-6-13)17-19(29)23-20(30)27(17)14-7-8-15-16(9-14)22-10-21-15/h3-11,17H,1-2H3,(H,21,22)(H,23,29,30). The zero-order valence-corrected chi connectivity index (χ0v) is 16.3. The molecule has 1 saturated heterocycles. The maximum atomic E-state index is 12.6. The third-order valence-electron chi connectivity index (χ3n) is 5.01. The first-order valence-electron chi connectivity index (χ1n) is 9.48. The summed E-state index contributed by atoms with van der Waals surface area (Å²) < 4.78 is 0. The number of anilines is 1. The number of hydrogen-bond donors (Lipinski definition) is 2. The number of urea groups is 1. The topological polar surface area (TPSA) is 122 Å². The highest BCUT2D eigenvalue weighted by Gasteiger charge is 2.40. The van der Waals surface area contributed by atoms with Crippen LogP contribution < -0.4 is 10.2 Å². The van der Waals surface area contributed by atoms with E-state index in [1.165, 1.54) is 4.90 Å². The number of benzene rings is 2. The molecule has 1 aliphatic heterocycles. The average Bonchev–Trinajstić information content (AvgIpc) is 3.46. The van der Waals surface area contributed by atoms with Crippen LogP contribution in [0, 0.1) is 0 Å². The third-order valence-corrected chi connectivity index (χ3v) is 5.01. The highest BCUT2D eigenvalue weighted by Crippen LogP contribution is 2.33. The van der Waals surface area contributed by atoms with Crippen LogP contribution in [0.3, 0.4) is 0 Å². The summed E-state index contributed by atoms with van der Waals surface area (Å²) in [5, 5.41) is 14.9. The van der Waals surface area contributed by atoms with Crippen LogP contribution in [0.5, 0.6) is 0 Å². The van der Waals surface area contributed by atoms with E-state index in [1.807, 2.05) is 26.0 Å². The van der Waals surface area contributed by atoms with Gasteiger partial charge >= 0.3 is 6.03 Å². The quantitative estimate of drug-likeness (QED) is 0.506. The summed E-state index contributed by atoms with van der Waals surface area (Å²) in [5.74, 6) is 0.130. The SMILES string of the molecule is CC(C)n1nnc(-c2ccc(C3C(=O)NC(=O)N3c3ccc4nc[nH]c4c3)cc2)n1. The Hall–Kier alpha value is -4.08. The number of imide groups is 1. The summed E-state index contributed by atoms with van der Waals surface area (Å²) in [4.78, 5) is 35.3. The van der Waals surface area contributed by atoms with Crippen molar-refractivity contribution >= 4 is 28.7 Å². The maximum Gasteiger partial charge on any atom is 0.329 e. The molecule has 150 valence electrons. The molecule has 30 heavy (non-hydrogen) atoms. The first kappa shape index (κ1) is 18.0. The number of carbonyl (C=O) groups excluding carboxylic acids is 2. The Morgan fingerprint density at radius 3 is 2.60 bits per heavy atom. The van der Waals surface area contributed by atoms with Gasteiger partial charge in [0.05, 0.1) is 23.4 Å². The lowest BCUT2D eigenvalue weighted by Gasteiger charge is -2.22. The van der Waals surface area contributed by atoms with Gasteiger partial charge in [0.25, 0.3) is 5.91 Å². The number of nitrogens with one attached hydrogen (secondary N) is 2. The lowest BCUT2D eigenvalue weighted by atomic mass is 10.0. The van der Waals surface area contributed by atoms with Crippen molar-refractivity contribution in [1.82, 2.24) is 35.5 Å². The first-order valence-corrected chi connectivity index (χ1v) is 9.48. The number of carbonyl (C=O) groups is 2. The molecule has 3 amide bonds. The van der Waals surface area contributed by atoms with Gasteiger partial charge in [-0.05, 0) is 42.8 Å². The van der Waals surface area contributed by atoms with Crippen molar-refractivity contribution in [3.8, 4) is 11.4 Å². The van der Waals surface area contributed by atoms with Crippen molar-refractivity contribution in [3.63, 3.8) is 0 Å². The fourth-order valence-electron chi connectivity index (χ4n) is 3.48. The van der Waals surface area contributed by atoms with Crippen LogP contribution in [-0.2, 0) is 4.79 Å². The molecule has 0 spiro atoms. The normalized spacial score (nSPS) is 16.6. The van der Waals surface area contributed by atoms with Crippen LogP contribution in [0.2, 0.25) is 0 Å². The van der Waals surface area contributed by atoms with E-state index in [9.17, 15) is 9.59 Å². The van der Waals surface area contributed by atoms with Crippen LogP contribution in [0.4, 0.5) is 10.5 Å². The van der Waals surface area contributed by atoms with E-state index in [2.05, 4.69) is 30.7 Å². The second-order valence-electron chi connectivity index (χ2n) is 7.32. The Labute approximate surface area is 170 Å². The minimum Gasteiger partial charge on any atom is -0.345 e. The molecular formula is C20H18N8O2. The average molecular weight is 402 g/mol. The number of amides is 3. The number of tetrazole rings is 1. The Balaban J connectivity index is 1.49. The first-order chi connectivity index (χ1) is 14.5. The van der Waals surface area contributed by atoms with Crippen LogP contribution >= 0.6 is 0 Å². The number of rotatable bonds is 4. The lowest BCUT2D eigenvalue weighted by molar-refractivity contribution is -0.119. The van der Waals surface area contributed by atoms with Gasteiger partial charge in [0.1, 0.15) is 6.04 Å². The molecule has 2 aromatic heterocycles. The maximum absolute atomic E-state index is 12.6. The Kier molecular flexibility index (Phi) is 4.05. The molecule has 0 aliphatic carbocycles. The van der Waals surface area contributed by atoms with E-state index in [0.717, 1.165) is 16.6 Å². The summed E-state index contributed by atoms with van der Waals surface area (Å²) in [5.41, 5.74) is 3.63. The number of fused-ring (bicyclic) bond motifs is 1. The molecule has 1 fully saturated rings. The monoisotopic (exact) mass is 402 g/mol. The smallest absolute Gasteiger partial charge is 0.329 e. The predicted octanol–water partition coefficient (Wildman–Crippen LogP) is 2.59. The largest absolute Gasteiger partial charge is 0.345 e. The van der Waals surface area contributed by atoms with Crippen molar-refractivity contribution in [2.75, 3.05) is 4.90 Å². The Morgan fingerprint density at radius 1 is 1.07 bits per heavy atom. The zero-order valence-electron chi connectivity index (χ0n) is 16.3. The molecule has 3 heterocycles. The lowest BCUT2D eigenvalue weighted by Crippen LogP contribution is -2.29. The van der Waals surface area contributed by atoms with Gasteiger partial charge in [-0.1, -0.05) is 24.3 Å². The molecule has 2 N–H and O–H groups in total. The molecule has 0 radical (unpaired) electrons. The van der Waals surface area contributed by atoms with E-state index >= 15 is 0 Å². The van der Waals surface area contributed by atoms with Crippen molar-refractivity contribution in [2.24, 2.45) is 0 Å². The number of hydrogen-bond acceptors (Lipinski definition) is 6. The summed E-state index contributed by atoms with van der Waals surface area (Å²) in [6, 6.07) is 11.5. The highest BCUT2D eigenvalue weighted by molar-refractivity contribution is 6.14. The van der Waals surface area contributed by atoms with E-state index < -0.39 is 12.1 Å². The minimum absolute atomic E-state index is 0.111. The fourth-order valence-corrected chi connectivity index (χ4v) is 3.48. The molecule has 1 unspecified atom stereocenters. The van der Waals surface area contributed by atoms with Gasteiger partial charge in [-0.2, -0.15) is 4.80 Å². The second kappa shape index (κ2) is 6.76. The molecular weight excluding hydrogens is 384 g/mol. The molecule has 0 bridgehead atoms. The van der Waals surface area contributed by atoms with Gasteiger partial charge in [0.2, 0.25) is 5.82 Å². The van der Waals surface area contributed by atoms with Crippen LogP contribution in [-0.4, -0.2) is 42.1 Å². The molecule has 1 atom stereocenters. The second-order valence-corrected chi connectivity index (χ2v) is 7.32. The number of aromatic nitrogens is 6. The molecule has 0 saturated carbocycles. The van der Waals surface area contributed by atoms with Crippen molar-refractivity contribution in [3.05, 3.63) is 54.4 Å². The summed E-state index contributed by atoms with van der Waals surface area (Å²) in [6.45, 7) is 3.94. The number of nitrogens with zero attached hydrogens (tertiary/aromatic N) is 6. The predicted molar refractivity (Wildman–Crippen MR) is 108 cm³/mol. The van der Waals surface area contributed by atoms with Crippen LogP contribution in [0.1, 0.15) is 31.5 Å². The van der Waals surface area contributed by atoms with Gasteiger partial charge in [0.15, 0.2) is 0 Å². The highest BCUT2D eigenvalue weighted by atomic mass is 16.2. The van der Waals surface area contributed by atoms with Gasteiger partial charge in [0, 0.05) is 11.3 Å². The third kappa shape index (κ3) is 2.89. The molecule has 1 aliphatic rings. The van der Waals surface area contributed by atoms with Gasteiger partial charge in [-0.15, -0.1) is 10.2 Å². The van der Waals surface area contributed by atoms with Gasteiger partial charge < -0.3 is 4.98 Å². The van der Waals surface area contributed by atoms with E-state index in [4.69, 9.17) is 0 Å². The van der Waals surface area contributed by atoms with Gasteiger partial charge in [-0.25, -0.2) is 9.78 Å². The molecule has 2 aromatic carbocycles. The van der Waals surface area contributed by atoms with Gasteiger partial charge in [-0.3, -0.25) is 15.0 Å². The molecule has 5 rings (SSSR count). The molecule has 10 nitrogen and oxygen atoms in total. The van der Waals surface area contributed by atoms with Crippen molar-refractivity contribution in [2.45, 2.75) is 25.9 Å². The molecule has 10 heteroatoms. The van der Waals surface area contributed by atoms with Crippen molar-refractivity contribution in [1.29, 1.82) is 0 Å².